The first-order valence-electron chi connectivity index (χ1n) is 18.3. The van der Waals surface area contributed by atoms with Gasteiger partial charge in [0.2, 0.25) is 5.91 Å². The number of ether oxygens (including phenoxy) is 4. The monoisotopic (exact) mass is 713 g/mol. The molecule has 1 amide bonds. The summed E-state index contributed by atoms with van der Waals surface area (Å²) in [6.07, 6.45) is 1.49. The first-order valence-corrected chi connectivity index (χ1v) is 18.3. The van der Waals surface area contributed by atoms with Gasteiger partial charge in [-0.15, -0.1) is 0 Å². The van der Waals surface area contributed by atoms with E-state index in [2.05, 4.69) is 10.4 Å². The predicted molar refractivity (Wildman–Crippen MR) is 193 cm³/mol. The summed E-state index contributed by atoms with van der Waals surface area (Å²) in [5, 5.41) is 13.6. The maximum atomic E-state index is 13.9. The van der Waals surface area contributed by atoms with Crippen molar-refractivity contribution in [2.24, 2.45) is 35.0 Å². The minimum absolute atomic E-state index is 0.00464. The van der Waals surface area contributed by atoms with Gasteiger partial charge in [-0.05, 0) is 41.5 Å². The molecule has 8 atom stereocenters. The van der Waals surface area contributed by atoms with Crippen LogP contribution in [-0.4, -0.2) is 78.3 Å². The van der Waals surface area contributed by atoms with Crippen LogP contribution in [0.15, 0.2) is 79.0 Å². The third-order valence-corrected chi connectivity index (χ3v) is 10.8. The largest absolute Gasteiger partial charge is 0.469 e. The predicted octanol–water partition coefficient (Wildman–Crippen LogP) is 4.97. The molecule has 2 saturated heterocycles. The summed E-state index contributed by atoms with van der Waals surface area (Å²) in [6, 6.07) is 23.3. The number of hydrogen-bond donors (Lipinski definition) is 2. The van der Waals surface area contributed by atoms with E-state index in [1.165, 1.54) is 7.11 Å². The highest BCUT2D eigenvalue weighted by Gasteiger charge is 2.56. The lowest BCUT2D eigenvalue weighted by atomic mass is 9.78. The highest BCUT2D eigenvalue weighted by molar-refractivity contribution is 5.84. The average molecular weight is 714 g/mol. The molecule has 3 aromatic rings. The maximum absolute atomic E-state index is 13.9. The highest BCUT2D eigenvalue weighted by atomic mass is 16.7. The number of carbonyl (C=O) groups is 3. The normalized spacial score (nSPS) is 23.8. The SMILES string of the molecule is COC(=O)C[C@H](C(=O)NN(Cc1ccc(-c2ccccn2)cc1)C[C@@H](O)[C@@H](CC(=O)OC1C2COC3OCC1C3C2)Cc1ccccc1)C(C)(C)C. The van der Waals surface area contributed by atoms with Gasteiger partial charge in [-0.1, -0.05) is 81.4 Å². The summed E-state index contributed by atoms with van der Waals surface area (Å²) >= 11 is 0. The lowest BCUT2D eigenvalue weighted by molar-refractivity contribution is -0.178. The number of aliphatic hydroxyl groups is 1. The van der Waals surface area contributed by atoms with Crippen LogP contribution in [-0.2, 0) is 46.3 Å². The van der Waals surface area contributed by atoms with Crippen LogP contribution in [0, 0.1) is 35.0 Å². The Morgan fingerprint density at radius 3 is 2.35 bits per heavy atom. The second-order valence-electron chi connectivity index (χ2n) is 15.5. The molecular formula is C41H51N3O8. The number of esters is 2. The van der Waals surface area contributed by atoms with Gasteiger partial charge in [-0.25, -0.2) is 5.01 Å². The fraction of sp³-hybridized carbons (Fsp3) is 0.512. The molecule has 11 nitrogen and oxygen atoms in total. The Labute approximate surface area is 306 Å². The zero-order valence-electron chi connectivity index (χ0n) is 30.5. The third-order valence-electron chi connectivity index (χ3n) is 10.8. The fourth-order valence-corrected chi connectivity index (χ4v) is 7.86. The van der Waals surface area contributed by atoms with Gasteiger partial charge in [0.15, 0.2) is 6.29 Å². The van der Waals surface area contributed by atoms with E-state index in [1.807, 2.05) is 93.6 Å². The molecular weight excluding hydrogens is 662 g/mol. The van der Waals surface area contributed by atoms with E-state index in [4.69, 9.17) is 18.9 Å². The minimum Gasteiger partial charge on any atom is -0.469 e. The summed E-state index contributed by atoms with van der Waals surface area (Å²) in [4.78, 5) is 44.3. The number of carbonyl (C=O) groups excluding carboxylic acids is 3. The fourth-order valence-electron chi connectivity index (χ4n) is 7.86. The van der Waals surface area contributed by atoms with Crippen molar-refractivity contribution in [3.63, 3.8) is 0 Å². The number of fused-ring (bicyclic) bond motifs is 1. The smallest absolute Gasteiger partial charge is 0.306 e. The first kappa shape index (κ1) is 37.6. The highest BCUT2D eigenvalue weighted by Crippen LogP contribution is 2.49. The molecule has 0 spiro atoms. The molecule has 2 N–H and O–H groups in total. The molecule has 0 radical (unpaired) electrons. The molecule has 5 unspecified atom stereocenters. The van der Waals surface area contributed by atoms with Gasteiger partial charge in [0.1, 0.15) is 6.10 Å². The van der Waals surface area contributed by atoms with Gasteiger partial charge in [0.05, 0.1) is 50.9 Å². The van der Waals surface area contributed by atoms with Crippen LogP contribution in [0.2, 0.25) is 0 Å². The zero-order chi connectivity index (χ0) is 36.8. The first-order chi connectivity index (χ1) is 25.0. The molecule has 3 aliphatic rings. The number of benzene rings is 2. The second-order valence-corrected chi connectivity index (χ2v) is 15.5. The molecule has 52 heavy (non-hydrogen) atoms. The summed E-state index contributed by atoms with van der Waals surface area (Å²) < 4.78 is 22.8. The van der Waals surface area contributed by atoms with Crippen LogP contribution in [0.3, 0.4) is 0 Å². The molecule has 2 bridgehead atoms. The van der Waals surface area contributed by atoms with Crippen molar-refractivity contribution in [3.05, 3.63) is 90.1 Å². The van der Waals surface area contributed by atoms with Gasteiger partial charge in [-0.3, -0.25) is 24.8 Å². The van der Waals surface area contributed by atoms with Crippen molar-refractivity contribution in [1.29, 1.82) is 0 Å². The topological polar surface area (TPSA) is 137 Å². The van der Waals surface area contributed by atoms with E-state index in [9.17, 15) is 19.5 Å². The van der Waals surface area contributed by atoms with Gasteiger partial charge in [-0.2, -0.15) is 0 Å². The molecule has 11 heteroatoms. The van der Waals surface area contributed by atoms with Gasteiger partial charge >= 0.3 is 11.9 Å². The van der Waals surface area contributed by atoms with Crippen molar-refractivity contribution in [2.75, 3.05) is 26.9 Å². The van der Waals surface area contributed by atoms with E-state index in [1.54, 1.807) is 11.2 Å². The van der Waals surface area contributed by atoms with Crippen LogP contribution in [0.25, 0.3) is 11.3 Å². The average Bonchev–Trinajstić information content (AvgIpc) is 3.67. The van der Waals surface area contributed by atoms with Gasteiger partial charge in [0.25, 0.3) is 0 Å². The van der Waals surface area contributed by atoms with Crippen molar-refractivity contribution in [1.82, 2.24) is 15.4 Å². The van der Waals surface area contributed by atoms with Crippen LogP contribution in [0.5, 0.6) is 0 Å². The van der Waals surface area contributed by atoms with Gasteiger partial charge < -0.3 is 24.1 Å². The van der Waals surface area contributed by atoms with E-state index in [-0.39, 0.29) is 68.0 Å². The number of amides is 1. The van der Waals surface area contributed by atoms with E-state index in [0.717, 1.165) is 28.8 Å². The maximum Gasteiger partial charge on any atom is 0.306 e. The summed E-state index contributed by atoms with van der Waals surface area (Å²) in [7, 11) is 1.31. The van der Waals surface area contributed by atoms with Crippen molar-refractivity contribution in [3.8, 4) is 11.3 Å². The molecule has 278 valence electrons. The number of hydrazine groups is 1. The van der Waals surface area contributed by atoms with Crippen LogP contribution < -0.4 is 5.43 Å². The Bertz CT molecular complexity index is 1650. The lowest BCUT2D eigenvalue weighted by Crippen LogP contribution is -2.51. The quantitative estimate of drug-likeness (QED) is 0.164. The third kappa shape index (κ3) is 9.25. The summed E-state index contributed by atoms with van der Waals surface area (Å²) in [6.45, 7) is 7.01. The standard InChI is InChI=1S/C41H51N3O8/c1-41(2,3)33(21-36(46)49-4)39(48)43-44(22-27-13-15-28(16-14-27)34-12-8-9-17-42-34)23-35(45)29(18-26-10-6-5-7-11-26)20-37(47)52-38-30-19-31-32(38)25-51-40(31)50-24-30/h5-17,29-33,35,38,40,45H,18-25H2,1-4H3,(H,43,48)/t29-,30?,31?,32?,33-,35-,38?,40?/m1/s1. The molecule has 2 aliphatic heterocycles. The Morgan fingerprint density at radius 2 is 1.65 bits per heavy atom. The van der Waals surface area contributed by atoms with E-state index >= 15 is 0 Å². The van der Waals surface area contributed by atoms with Crippen molar-refractivity contribution < 1.29 is 38.4 Å². The molecule has 6 rings (SSSR count). The Balaban J connectivity index is 1.21. The Kier molecular flexibility index (Phi) is 12.1. The Hall–Kier alpha value is -4.16. The second kappa shape index (κ2) is 16.7. The summed E-state index contributed by atoms with van der Waals surface area (Å²) in [5.74, 6) is -1.91. The number of aromatic nitrogens is 1. The van der Waals surface area contributed by atoms with Crippen LogP contribution in [0.1, 0.15) is 51.2 Å². The van der Waals surface area contributed by atoms with Crippen LogP contribution in [0.4, 0.5) is 0 Å². The van der Waals surface area contributed by atoms with Crippen molar-refractivity contribution in [2.45, 2.75) is 71.5 Å². The van der Waals surface area contributed by atoms with E-state index in [0.29, 0.717) is 19.6 Å². The summed E-state index contributed by atoms with van der Waals surface area (Å²) in [5.41, 5.74) is 6.12. The number of methoxy groups -OCH3 is 1. The number of hydrogen-bond acceptors (Lipinski definition) is 10. The molecule has 3 fully saturated rings. The number of nitrogens with one attached hydrogen (secondary N) is 1. The molecule has 3 heterocycles. The molecule has 1 saturated carbocycles. The lowest BCUT2D eigenvalue weighted by Gasteiger charge is -2.34. The molecule has 1 aromatic heterocycles. The Morgan fingerprint density at radius 1 is 0.923 bits per heavy atom. The van der Waals surface area contributed by atoms with Crippen molar-refractivity contribution >= 4 is 17.8 Å². The molecule has 2 aromatic carbocycles. The van der Waals surface area contributed by atoms with E-state index < -0.39 is 29.3 Å². The minimum atomic E-state index is -1.03. The zero-order valence-corrected chi connectivity index (χ0v) is 30.5. The number of nitrogens with zero attached hydrogens (tertiary/aromatic N) is 2. The number of pyridine rings is 1. The van der Waals surface area contributed by atoms with Crippen LogP contribution >= 0.6 is 0 Å². The van der Waals surface area contributed by atoms with Gasteiger partial charge in [0, 0.05) is 48.5 Å². The number of aliphatic hydroxyl groups excluding tert-OH is 1. The molecule has 1 aliphatic carbocycles. The number of rotatable bonds is 15.